The maximum Gasteiger partial charge on any atom is 0.573 e. The van der Waals surface area contributed by atoms with Crippen molar-refractivity contribution in [3.05, 3.63) is 53.1 Å². The van der Waals surface area contributed by atoms with Gasteiger partial charge in [-0.05, 0) is 58.3 Å². The number of ether oxygens (including phenoxy) is 2. The second kappa shape index (κ2) is 7.98. The van der Waals surface area contributed by atoms with Crippen LogP contribution in [0.2, 0.25) is 5.02 Å². The molecule has 9 heteroatoms. The standard InChI is InChI=1S/C21H23BClF3O4/c1-13(15-8-6-7-9-16(15)23)27-17-11-10-14(12-18(17)28-21(24,25)26)22-29-19(2,3)20(4,5)30-22/h6-13H,1-5H3. The van der Waals surface area contributed by atoms with Gasteiger partial charge in [-0.3, -0.25) is 0 Å². The molecule has 162 valence electrons. The highest BCUT2D eigenvalue weighted by molar-refractivity contribution is 6.62. The molecule has 1 unspecified atom stereocenters. The molecule has 0 aromatic heterocycles. The zero-order valence-electron chi connectivity index (χ0n) is 17.3. The lowest BCUT2D eigenvalue weighted by Gasteiger charge is -2.32. The van der Waals surface area contributed by atoms with Gasteiger partial charge in [-0.1, -0.05) is 35.9 Å². The van der Waals surface area contributed by atoms with E-state index < -0.39 is 36.5 Å². The predicted octanol–water partition coefficient (Wildman–Crippen LogP) is 5.68. The van der Waals surface area contributed by atoms with Crippen LogP contribution in [0.3, 0.4) is 0 Å². The Labute approximate surface area is 179 Å². The third-order valence-corrected chi connectivity index (χ3v) is 5.71. The highest BCUT2D eigenvalue weighted by Gasteiger charge is 2.52. The summed E-state index contributed by atoms with van der Waals surface area (Å²) < 4.78 is 61.0. The summed E-state index contributed by atoms with van der Waals surface area (Å²) in [7, 11) is -0.833. The van der Waals surface area contributed by atoms with E-state index in [1.165, 1.54) is 12.1 Å². The largest absolute Gasteiger partial charge is 0.573 e. The lowest BCUT2D eigenvalue weighted by atomic mass is 9.79. The molecule has 1 fully saturated rings. The van der Waals surface area contributed by atoms with Crippen LogP contribution >= 0.6 is 11.6 Å². The molecule has 0 bridgehead atoms. The number of rotatable bonds is 5. The highest BCUT2D eigenvalue weighted by Crippen LogP contribution is 2.39. The third-order valence-electron chi connectivity index (χ3n) is 5.37. The van der Waals surface area contributed by atoms with Gasteiger partial charge in [0.2, 0.25) is 0 Å². The van der Waals surface area contributed by atoms with Gasteiger partial charge in [0.05, 0.1) is 11.2 Å². The number of alkyl halides is 3. The number of hydrogen-bond donors (Lipinski definition) is 0. The van der Waals surface area contributed by atoms with E-state index in [-0.39, 0.29) is 5.75 Å². The minimum absolute atomic E-state index is 0.0694. The Morgan fingerprint density at radius 3 is 2.13 bits per heavy atom. The molecule has 1 aliphatic rings. The maximum absolute atomic E-state index is 13.0. The van der Waals surface area contributed by atoms with Crippen LogP contribution in [-0.2, 0) is 9.31 Å². The molecule has 1 atom stereocenters. The Morgan fingerprint density at radius 2 is 1.57 bits per heavy atom. The summed E-state index contributed by atoms with van der Waals surface area (Å²) in [4.78, 5) is 0. The molecule has 30 heavy (non-hydrogen) atoms. The van der Waals surface area contributed by atoms with Crippen molar-refractivity contribution in [2.24, 2.45) is 0 Å². The SMILES string of the molecule is CC(Oc1ccc(B2OC(C)(C)C(C)(C)O2)cc1OC(F)(F)F)c1ccccc1Cl. The van der Waals surface area contributed by atoms with Crippen LogP contribution in [0.15, 0.2) is 42.5 Å². The van der Waals surface area contributed by atoms with E-state index in [0.29, 0.717) is 16.0 Å². The van der Waals surface area contributed by atoms with E-state index in [2.05, 4.69) is 4.74 Å². The van der Waals surface area contributed by atoms with Crippen molar-refractivity contribution in [2.45, 2.75) is 58.3 Å². The Kier molecular flexibility index (Phi) is 6.06. The molecule has 0 aliphatic carbocycles. The molecule has 4 nitrogen and oxygen atoms in total. The molecule has 1 heterocycles. The number of benzene rings is 2. The first-order valence-corrected chi connectivity index (χ1v) is 9.83. The van der Waals surface area contributed by atoms with E-state index in [1.807, 2.05) is 27.7 Å². The minimum atomic E-state index is -4.89. The summed E-state index contributed by atoms with van der Waals surface area (Å²) >= 11 is 6.17. The van der Waals surface area contributed by atoms with Crippen LogP contribution in [0.1, 0.15) is 46.3 Å². The molecule has 1 aliphatic heterocycles. The summed E-state index contributed by atoms with van der Waals surface area (Å²) in [5.41, 5.74) is -0.217. The number of halogens is 4. The molecule has 0 amide bonds. The second-order valence-electron chi connectivity index (χ2n) is 8.12. The van der Waals surface area contributed by atoms with E-state index in [1.54, 1.807) is 37.3 Å². The van der Waals surface area contributed by atoms with Gasteiger partial charge in [0.15, 0.2) is 11.5 Å². The third kappa shape index (κ3) is 4.87. The van der Waals surface area contributed by atoms with Crippen molar-refractivity contribution in [1.82, 2.24) is 0 Å². The summed E-state index contributed by atoms with van der Waals surface area (Å²) in [6, 6.07) is 11.2. The summed E-state index contributed by atoms with van der Waals surface area (Å²) in [5, 5.41) is 0.456. The topological polar surface area (TPSA) is 36.9 Å². The van der Waals surface area contributed by atoms with Gasteiger partial charge >= 0.3 is 13.5 Å². The molecule has 2 aromatic rings. The van der Waals surface area contributed by atoms with Crippen LogP contribution in [0.5, 0.6) is 11.5 Å². The normalized spacial score (nSPS) is 18.9. The molecule has 0 saturated carbocycles. The first-order valence-electron chi connectivity index (χ1n) is 9.45. The summed E-state index contributed by atoms with van der Waals surface area (Å²) in [6.45, 7) is 9.15. The van der Waals surface area contributed by atoms with Crippen LogP contribution < -0.4 is 14.9 Å². The van der Waals surface area contributed by atoms with Crippen LogP contribution in [0, 0.1) is 0 Å². The number of hydrogen-bond acceptors (Lipinski definition) is 4. The fourth-order valence-corrected chi connectivity index (χ4v) is 3.30. The first-order chi connectivity index (χ1) is 13.8. The maximum atomic E-state index is 13.0. The second-order valence-corrected chi connectivity index (χ2v) is 8.53. The van der Waals surface area contributed by atoms with Gasteiger partial charge in [0.25, 0.3) is 0 Å². The van der Waals surface area contributed by atoms with Crippen molar-refractivity contribution in [3.8, 4) is 11.5 Å². The predicted molar refractivity (Wildman–Crippen MR) is 109 cm³/mol. The molecule has 1 saturated heterocycles. The Hall–Kier alpha value is -1.90. The molecule has 2 aromatic carbocycles. The van der Waals surface area contributed by atoms with E-state index in [9.17, 15) is 13.2 Å². The van der Waals surface area contributed by atoms with Crippen molar-refractivity contribution >= 4 is 24.2 Å². The summed E-state index contributed by atoms with van der Waals surface area (Å²) in [5.74, 6) is -0.548. The minimum Gasteiger partial charge on any atom is -0.482 e. The van der Waals surface area contributed by atoms with Crippen LogP contribution in [0.4, 0.5) is 13.2 Å². The van der Waals surface area contributed by atoms with Crippen molar-refractivity contribution in [1.29, 1.82) is 0 Å². The van der Waals surface area contributed by atoms with Gasteiger partial charge in [-0.2, -0.15) is 0 Å². The highest BCUT2D eigenvalue weighted by atomic mass is 35.5. The Balaban J connectivity index is 1.91. The van der Waals surface area contributed by atoms with Gasteiger partial charge in [-0.25, -0.2) is 0 Å². The lowest BCUT2D eigenvalue weighted by molar-refractivity contribution is -0.275. The summed E-state index contributed by atoms with van der Waals surface area (Å²) in [6.07, 6.45) is -5.49. The molecular weight excluding hydrogens is 419 g/mol. The molecule has 3 rings (SSSR count). The fraction of sp³-hybridized carbons (Fsp3) is 0.429. The average molecular weight is 443 g/mol. The van der Waals surface area contributed by atoms with Gasteiger partial charge in [0, 0.05) is 10.6 Å². The van der Waals surface area contributed by atoms with E-state index >= 15 is 0 Å². The molecule has 0 N–H and O–H groups in total. The molecular formula is C21H23BClF3O4. The van der Waals surface area contributed by atoms with Crippen LogP contribution in [0.25, 0.3) is 0 Å². The van der Waals surface area contributed by atoms with Crippen LogP contribution in [-0.4, -0.2) is 24.7 Å². The average Bonchev–Trinajstić information content (AvgIpc) is 2.83. The zero-order valence-corrected chi connectivity index (χ0v) is 18.1. The molecule has 0 radical (unpaired) electrons. The van der Waals surface area contributed by atoms with Crippen molar-refractivity contribution in [2.75, 3.05) is 0 Å². The van der Waals surface area contributed by atoms with E-state index in [4.69, 9.17) is 25.6 Å². The Morgan fingerprint density at radius 1 is 0.967 bits per heavy atom. The lowest BCUT2D eigenvalue weighted by Crippen LogP contribution is -2.41. The van der Waals surface area contributed by atoms with Gasteiger partial charge in [-0.15, -0.1) is 13.2 Å². The first kappa shape index (κ1) is 22.8. The van der Waals surface area contributed by atoms with Crippen molar-refractivity contribution in [3.63, 3.8) is 0 Å². The van der Waals surface area contributed by atoms with E-state index in [0.717, 1.165) is 0 Å². The Bertz CT molecular complexity index is 901. The fourth-order valence-electron chi connectivity index (χ4n) is 3.01. The van der Waals surface area contributed by atoms with Gasteiger partial charge < -0.3 is 18.8 Å². The molecule has 0 spiro atoms. The quantitative estimate of drug-likeness (QED) is 0.559. The monoisotopic (exact) mass is 442 g/mol. The zero-order chi connectivity index (χ0) is 22.3. The van der Waals surface area contributed by atoms with Crippen molar-refractivity contribution < 1.29 is 32.0 Å². The van der Waals surface area contributed by atoms with Gasteiger partial charge in [0.1, 0.15) is 6.10 Å². The smallest absolute Gasteiger partial charge is 0.482 e.